The summed E-state index contributed by atoms with van der Waals surface area (Å²) in [4.78, 5) is 12.7. The van der Waals surface area contributed by atoms with Gasteiger partial charge in [-0.15, -0.1) is 10.2 Å². The first-order valence-corrected chi connectivity index (χ1v) is 11.9. The molecule has 180 valence electrons. The summed E-state index contributed by atoms with van der Waals surface area (Å²) in [6.07, 6.45) is 0. The molecule has 0 aliphatic heterocycles. The molecular formula is C25H23ClN4O4S. The number of ether oxygens (including phenoxy) is 3. The van der Waals surface area contributed by atoms with Gasteiger partial charge in [0, 0.05) is 40.2 Å². The van der Waals surface area contributed by atoms with Crippen molar-refractivity contribution in [1.29, 1.82) is 0 Å². The fourth-order valence-corrected chi connectivity index (χ4v) is 4.20. The lowest BCUT2D eigenvalue weighted by molar-refractivity contribution is -0.113. The Kier molecular flexibility index (Phi) is 7.79. The number of halogens is 1. The Labute approximate surface area is 212 Å². The van der Waals surface area contributed by atoms with E-state index in [2.05, 4.69) is 15.5 Å². The zero-order valence-corrected chi connectivity index (χ0v) is 20.9. The molecule has 8 nitrogen and oxygen atoms in total. The minimum absolute atomic E-state index is 0.119. The zero-order chi connectivity index (χ0) is 24.8. The predicted octanol–water partition coefficient (Wildman–Crippen LogP) is 5.34. The third-order valence-corrected chi connectivity index (χ3v) is 6.21. The van der Waals surface area contributed by atoms with Gasteiger partial charge in [0.1, 0.15) is 17.2 Å². The fraction of sp³-hybridized carbons (Fsp3) is 0.160. The number of hydrogen-bond acceptors (Lipinski definition) is 7. The number of thioether (sulfide) groups is 1. The number of amides is 1. The average molecular weight is 511 g/mol. The SMILES string of the molecule is COc1ccc(-n2c(SCC(=O)Nc3cc(OC)cc(OC)c3)nnc2-c2ccc(Cl)cc2)cc1. The molecule has 4 aromatic rings. The Balaban J connectivity index is 1.58. The smallest absolute Gasteiger partial charge is 0.234 e. The summed E-state index contributed by atoms with van der Waals surface area (Å²) in [5, 5.41) is 12.8. The second-order valence-electron chi connectivity index (χ2n) is 7.28. The van der Waals surface area contributed by atoms with Crippen LogP contribution in [0.15, 0.2) is 71.9 Å². The molecule has 0 atom stereocenters. The normalized spacial score (nSPS) is 10.6. The van der Waals surface area contributed by atoms with Gasteiger partial charge in [-0.1, -0.05) is 23.4 Å². The molecule has 0 aliphatic rings. The Bertz CT molecular complexity index is 1290. The summed E-state index contributed by atoms with van der Waals surface area (Å²) >= 11 is 7.34. The average Bonchev–Trinajstić information content (AvgIpc) is 3.31. The number of aromatic nitrogens is 3. The lowest BCUT2D eigenvalue weighted by atomic mass is 10.2. The second kappa shape index (κ2) is 11.2. The highest BCUT2D eigenvalue weighted by atomic mass is 35.5. The van der Waals surface area contributed by atoms with Gasteiger partial charge in [-0.25, -0.2) is 0 Å². The number of carbonyl (C=O) groups excluding carboxylic acids is 1. The van der Waals surface area contributed by atoms with E-state index in [1.165, 1.54) is 11.8 Å². The van der Waals surface area contributed by atoms with Gasteiger partial charge in [0.2, 0.25) is 5.91 Å². The third-order valence-electron chi connectivity index (χ3n) is 5.03. The molecule has 0 saturated heterocycles. The van der Waals surface area contributed by atoms with Crippen LogP contribution in [0.3, 0.4) is 0 Å². The van der Waals surface area contributed by atoms with Crippen molar-refractivity contribution in [3.63, 3.8) is 0 Å². The van der Waals surface area contributed by atoms with Crippen LogP contribution in [0.1, 0.15) is 0 Å². The van der Waals surface area contributed by atoms with Crippen molar-refractivity contribution in [3.05, 3.63) is 71.8 Å². The molecule has 35 heavy (non-hydrogen) atoms. The number of nitrogens with zero attached hydrogens (tertiary/aromatic N) is 3. The van der Waals surface area contributed by atoms with Crippen LogP contribution in [-0.4, -0.2) is 47.8 Å². The molecule has 3 aromatic carbocycles. The van der Waals surface area contributed by atoms with Crippen LogP contribution >= 0.6 is 23.4 Å². The Morgan fingerprint density at radius 2 is 1.51 bits per heavy atom. The molecule has 0 fully saturated rings. The van der Waals surface area contributed by atoms with Gasteiger partial charge in [0.15, 0.2) is 11.0 Å². The summed E-state index contributed by atoms with van der Waals surface area (Å²) in [7, 11) is 4.73. The maximum Gasteiger partial charge on any atom is 0.234 e. The zero-order valence-electron chi connectivity index (χ0n) is 19.3. The van der Waals surface area contributed by atoms with E-state index in [4.69, 9.17) is 25.8 Å². The molecule has 10 heteroatoms. The summed E-state index contributed by atoms with van der Waals surface area (Å²) < 4.78 is 17.7. The van der Waals surface area contributed by atoms with Crippen LogP contribution in [0.2, 0.25) is 5.02 Å². The minimum atomic E-state index is -0.206. The highest BCUT2D eigenvalue weighted by Gasteiger charge is 2.18. The largest absolute Gasteiger partial charge is 0.497 e. The molecule has 0 unspecified atom stereocenters. The van der Waals surface area contributed by atoms with E-state index in [1.54, 1.807) is 51.7 Å². The van der Waals surface area contributed by atoms with Crippen molar-refractivity contribution < 1.29 is 19.0 Å². The van der Waals surface area contributed by atoms with Gasteiger partial charge >= 0.3 is 0 Å². The molecule has 1 N–H and O–H groups in total. The summed E-state index contributed by atoms with van der Waals surface area (Å²) in [6, 6.07) is 20.1. The van der Waals surface area contributed by atoms with Crippen molar-refractivity contribution in [2.75, 3.05) is 32.4 Å². The standard InChI is InChI=1S/C25H23ClN4O4S/c1-32-20-10-8-19(9-11-20)30-24(16-4-6-17(26)7-5-16)28-29-25(30)35-15-23(31)27-18-12-21(33-2)14-22(13-18)34-3/h4-14H,15H2,1-3H3,(H,27,31). The third kappa shape index (κ3) is 5.87. The van der Waals surface area contributed by atoms with Crippen LogP contribution in [0.25, 0.3) is 17.1 Å². The molecule has 0 saturated carbocycles. The molecule has 0 aliphatic carbocycles. The summed E-state index contributed by atoms with van der Waals surface area (Å²) in [5.74, 6) is 2.44. The van der Waals surface area contributed by atoms with Crippen LogP contribution in [-0.2, 0) is 4.79 Å². The molecule has 1 aromatic heterocycles. The van der Waals surface area contributed by atoms with Crippen molar-refractivity contribution >= 4 is 35.0 Å². The van der Waals surface area contributed by atoms with Gasteiger partial charge in [0.25, 0.3) is 0 Å². The molecule has 0 bridgehead atoms. The highest BCUT2D eigenvalue weighted by molar-refractivity contribution is 7.99. The van der Waals surface area contributed by atoms with E-state index in [9.17, 15) is 4.79 Å². The van der Waals surface area contributed by atoms with Gasteiger partial charge in [0.05, 0.1) is 27.1 Å². The topological polar surface area (TPSA) is 87.5 Å². The Morgan fingerprint density at radius 3 is 2.11 bits per heavy atom. The van der Waals surface area contributed by atoms with Gasteiger partial charge in [-0.2, -0.15) is 0 Å². The quantitative estimate of drug-likeness (QED) is 0.304. The predicted molar refractivity (Wildman–Crippen MR) is 137 cm³/mol. The first kappa shape index (κ1) is 24.4. The number of carbonyl (C=O) groups is 1. The number of benzene rings is 3. The Morgan fingerprint density at radius 1 is 0.886 bits per heavy atom. The van der Waals surface area contributed by atoms with E-state index in [0.717, 1.165) is 17.0 Å². The van der Waals surface area contributed by atoms with Crippen LogP contribution in [0.5, 0.6) is 17.2 Å². The van der Waals surface area contributed by atoms with Crippen molar-refractivity contribution in [2.45, 2.75) is 5.16 Å². The lowest BCUT2D eigenvalue weighted by Gasteiger charge is -2.12. The van der Waals surface area contributed by atoms with Gasteiger partial charge in [-0.3, -0.25) is 9.36 Å². The van der Waals surface area contributed by atoms with E-state index in [0.29, 0.717) is 33.2 Å². The molecule has 0 radical (unpaired) electrons. The first-order valence-electron chi connectivity index (χ1n) is 10.5. The molecule has 4 rings (SSSR count). The number of anilines is 1. The van der Waals surface area contributed by atoms with Crippen LogP contribution < -0.4 is 19.5 Å². The van der Waals surface area contributed by atoms with E-state index < -0.39 is 0 Å². The highest BCUT2D eigenvalue weighted by Crippen LogP contribution is 2.30. The van der Waals surface area contributed by atoms with Crippen molar-refractivity contribution in [2.24, 2.45) is 0 Å². The van der Waals surface area contributed by atoms with Crippen LogP contribution in [0, 0.1) is 0 Å². The molecule has 1 amide bonds. The first-order chi connectivity index (χ1) is 17.0. The van der Waals surface area contributed by atoms with Crippen molar-refractivity contribution in [1.82, 2.24) is 14.8 Å². The summed E-state index contributed by atoms with van der Waals surface area (Å²) in [5.41, 5.74) is 2.25. The number of rotatable bonds is 9. The number of methoxy groups -OCH3 is 3. The molecular weight excluding hydrogens is 488 g/mol. The fourth-order valence-electron chi connectivity index (χ4n) is 3.32. The monoisotopic (exact) mass is 510 g/mol. The van der Waals surface area contributed by atoms with Gasteiger partial charge < -0.3 is 19.5 Å². The van der Waals surface area contributed by atoms with E-state index in [-0.39, 0.29) is 11.7 Å². The van der Waals surface area contributed by atoms with E-state index >= 15 is 0 Å². The van der Waals surface area contributed by atoms with Gasteiger partial charge in [-0.05, 0) is 48.5 Å². The number of nitrogens with one attached hydrogen (secondary N) is 1. The Hall–Kier alpha value is -3.69. The van der Waals surface area contributed by atoms with E-state index in [1.807, 2.05) is 41.0 Å². The maximum absolute atomic E-state index is 12.7. The number of hydrogen-bond donors (Lipinski definition) is 1. The summed E-state index contributed by atoms with van der Waals surface area (Å²) in [6.45, 7) is 0. The lowest BCUT2D eigenvalue weighted by Crippen LogP contribution is -2.14. The molecule has 0 spiro atoms. The van der Waals surface area contributed by atoms with Crippen LogP contribution in [0.4, 0.5) is 5.69 Å². The van der Waals surface area contributed by atoms with Crippen molar-refractivity contribution in [3.8, 4) is 34.3 Å². The molecule has 1 heterocycles. The minimum Gasteiger partial charge on any atom is -0.497 e. The maximum atomic E-state index is 12.7. The second-order valence-corrected chi connectivity index (χ2v) is 8.66.